The van der Waals surface area contributed by atoms with Gasteiger partial charge in [-0.15, -0.1) is 0 Å². The van der Waals surface area contributed by atoms with Crippen LogP contribution in [0.4, 0.5) is 32.0 Å². The molecular weight excluding hydrogens is 408 g/mol. The van der Waals surface area contributed by atoms with Crippen LogP contribution in [-0.4, -0.2) is 56.7 Å². The SMILES string of the molecule is Cc1cc(C(=O)OC(CS(=O)(=O)O)(C(F)(F)F)C(F)(F)F)ccc1N(C)C. The summed E-state index contributed by atoms with van der Waals surface area (Å²) in [6.45, 7) is 1.45. The molecule has 0 aliphatic heterocycles. The topological polar surface area (TPSA) is 83.9 Å². The second kappa shape index (κ2) is 7.19. The maximum absolute atomic E-state index is 13.1. The van der Waals surface area contributed by atoms with Gasteiger partial charge < -0.3 is 9.64 Å². The fourth-order valence-electron chi connectivity index (χ4n) is 2.23. The molecule has 13 heteroatoms. The van der Waals surface area contributed by atoms with Gasteiger partial charge in [0.25, 0.3) is 10.1 Å². The Balaban J connectivity index is 3.46. The highest BCUT2D eigenvalue weighted by Gasteiger charge is 2.76. The first kappa shape index (κ1) is 23.0. The van der Waals surface area contributed by atoms with E-state index in [1.54, 1.807) is 19.0 Å². The third-order valence-electron chi connectivity index (χ3n) is 3.48. The summed E-state index contributed by atoms with van der Waals surface area (Å²) in [7, 11) is -2.59. The Morgan fingerprint density at radius 3 is 1.93 bits per heavy atom. The number of anilines is 1. The summed E-state index contributed by atoms with van der Waals surface area (Å²) in [5, 5.41) is 0. The Morgan fingerprint density at radius 2 is 1.59 bits per heavy atom. The Labute approximate surface area is 150 Å². The average molecular weight is 423 g/mol. The maximum atomic E-state index is 13.1. The molecule has 0 atom stereocenters. The first-order chi connectivity index (χ1) is 11.9. The van der Waals surface area contributed by atoms with Crippen molar-refractivity contribution in [2.45, 2.75) is 24.9 Å². The van der Waals surface area contributed by atoms with Crippen LogP contribution in [0, 0.1) is 6.92 Å². The van der Waals surface area contributed by atoms with E-state index < -0.39 is 45.4 Å². The minimum Gasteiger partial charge on any atom is -0.435 e. The molecule has 0 aromatic heterocycles. The molecule has 0 aliphatic rings. The van der Waals surface area contributed by atoms with Gasteiger partial charge in [-0.05, 0) is 30.7 Å². The highest BCUT2D eigenvalue weighted by Crippen LogP contribution is 2.47. The maximum Gasteiger partial charge on any atom is 0.438 e. The zero-order valence-corrected chi connectivity index (χ0v) is 15.0. The van der Waals surface area contributed by atoms with Crippen LogP contribution in [-0.2, 0) is 14.9 Å². The third-order valence-corrected chi connectivity index (χ3v) is 4.25. The molecule has 0 heterocycles. The quantitative estimate of drug-likeness (QED) is 0.446. The summed E-state index contributed by atoms with van der Waals surface area (Å²) in [5.41, 5.74) is -5.22. The van der Waals surface area contributed by atoms with Crippen molar-refractivity contribution in [3.8, 4) is 0 Å². The van der Waals surface area contributed by atoms with Gasteiger partial charge in [0, 0.05) is 19.8 Å². The number of alkyl halides is 6. The highest BCUT2D eigenvalue weighted by molar-refractivity contribution is 7.85. The van der Waals surface area contributed by atoms with E-state index in [4.69, 9.17) is 4.55 Å². The monoisotopic (exact) mass is 423 g/mol. The number of carbonyl (C=O) groups is 1. The molecule has 0 amide bonds. The summed E-state index contributed by atoms with van der Waals surface area (Å²) in [5.74, 6) is -4.98. The number of benzene rings is 1. The highest BCUT2D eigenvalue weighted by atomic mass is 32.2. The van der Waals surface area contributed by atoms with Crippen molar-refractivity contribution in [2.24, 2.45) is 0 Å². The molecule has 0 bridgehead atoms. The van der Waals surface area contributed by atoms with E-state index in [0.717, 1.165) is 12.1 Å². The first-order valence-electron chi connectivity index (χ1n) is 7.01. The second-order valence-electron chi connectivity index (χ2n) is 5.83. The van der Waals surface area contributed by atoms with E-state index in [1.807, 2.05) is 0 Å². The number of hydrogen-bond donors (Lipinski definition) is 1. The van der Waals surface area contributed by atoms with Gasteiger partial charge in [-0.1, -0.05) is 0 Å². The molecule has 0 fully saturated rings. The Hall–Kier alpha value is -2.02. The van der Waals surface area contributed by atoms with Gasteiger partial charge in [0.2, 0.25) is 0 Å². The summed E-state index contributed by atoms with van der Waals surface area (Å²) in [4.78, 5) is 13.5. The van der Waals surface area contributed by atoms with Crippen molar-refractivity contribution >= 4 is 21.8 Å². The van der Waals surface area contributed by atoms with E-state index in [1.165, 1.54) is 13.0 Å². The van der Waals surface area contributed by atoms with Gasteiger partial charge in [0.05, 0.1) is 5.56 Å². The lowest BCUT2D eigenvalue weighted by Gasteiger charge is -2.35. The predicted octanol–water partition coefficient (Wildman–Crippen LogP) is 2.97. The van der Waals surface area contributed by atoms with Crippen LogP contribution in [0.2, 0.25) is 0 Å². The molecule has 0 saturated heterocycles. The van der Waals surface area contributed by atoms with Gasteiger partial charge in [-0.25, -0.2) is 4.79 Å². The van der Waals surface area contributed by atoms with Gasteiger partial charge in [-0.3, -0.25) is 4.55 Å². The predicted molar refractivity (Wildman–Crippen MR) is 82.2 cm³/mol. The number of nitrogens with zero attached hydrogens (tertiary/aromatic N) is 1. The number of halogens is 6. The van der Waals surface area contributed by atoms with Crippen molar-refractivity contribution in [3.05, 3.63) is 29.3 Å². The number of hydrogen-bond acceptors (Lipinski definition) is 5. The average Bonchev–Trinajstić information content (AvgIpc) is 2.41. The van der Waals surface area contributed by atoms with Gasteiger partial charge >= 0.3 is 23.9 Å². The standard InChI is InChI=1S/C14H15F6NO5S/c1-8-6-9(4-5-10(8)21(2)3)11(22)26-12(13(15,16)17,14(18,19)20)7-27(23,24)25/h4-6H,7H2,1-3H3,(H,23,24,25). The fraction of sp³-hybridized carbons (Fsp3) is 0.500. The minimum atomic E-state index is -6.37. The number of carbonyl (C=O) groups excluding carboxylic acids is 1. The van der Waals surface area contributed by atoms with Crippen LogP contribution >= 0.6 is 0 Å². The molecule has 0 aliphatic carbocycles. The fourth-order valence-corrected chi connectivity index (χ4v) is 3.13. The van der Waals surface area contributed by atoms with E-state index in [2.05, 4.69) is 4.74 Å². The molecular formula is C14H15F6NO5S. The van der Waals surface area contributed by atoms with Crippen LogP contribution in [0.15, 0.2) is 18.2 Å². The Bertz CT molecular complexity index is 802. The lowest BCUT2D eigenvalue weighted by Crippen LogP contribution is -2.63. The van der Waals surface area contributed by atoms with Crippen molar-refractivity contribution in [1.82, 2.24) is 0 Å². The molecule has 0 unspecified atom stereocenters. The van der Waals surface area contributed by atoms with Crippen LogP contribution in [0.3, 0.4) is 0 Å². The number of aryl methyl sites for hydroxylation is 1. The minimum absolute atomic E-state index is 0.342. The summed E-state index contributed by atoms with van der Waals surface area (Å²) >= 11 is 0. The molecule has 1 rings (SSSR count). The van der Waals surface area contributed by atoms with Gasteiger partial charge in [0.15, 0.2) is 0 Å². The lowest BCUT2D eigenvalue weighted by molar-refractivity contribution is -0.356. The van der Waals surface area contributed by atoms with E-state index >= 15 is 0 Å². The molecule has 1 aromatic carbocycles. The van der Waals surface area contributed by atoms with Crippen LogP contribution < -0.4 is 4.90 Å². The lowest BCUT2D eigenvalue weighted by atomic mass is 10.0. The molecule has 154 valence electrons. The number of esters is 1. The summed E-state index contributed by atoms with van der Waals surface area (Å²) in [6, 6.07) is 3.18. The number of ether oxygens (including phenoxy) is 1. The van der Waals surface area contributed by atoms with Crippen molar-refractivity contribution in [1.29, 1.82) is 0 Å². The molecule has 1 aromatic rings. The zero-order chi connectivity index (χ0) is 21.4. The van der Waals surface area contributed by atoms with Crippen LogP contribution in [0.25, 0.3) is 0 Å². The van der Waals surface area contributed by atoms with Crippen molar-refractivity contribution in [2.75, 3.05) is 24.7 Å². The van der Waals surface area contributed by atoms with Crippen molar-refractivity contribution in [3.63, 3.8) is 0 Å². The molecule has 0 saturated carbocycles. The van der Waals surface area contributed by atoms with E-state index in [-0.39, 0.29) is 0 Å². The van der Waals surface area contributed by atoms with E-state index in [9.17, 15) is 39.6 Å². The smallest absolute Gasteiger partial charge is 0.435 e. The zero-order valence-electron chi connectivity index (χ0n) is 14.1. The van der Waals surface area contributed by atoms with Crippen LogP contribution in [0.5, 0.6) is 0 Å². The normalized spacial score (nSPS) is 13.4. The molecule has 0 spiro atoms. The summed E-state index contributed by atoms with van der Waals surface area (Å²) < 4.78 is 113. The molecule has 1 N–H and O–H groups in total. The molecule has 27 heavy (non-hydrogen) atoms. The Kier molecular flexibility index (Phi) is 6.13. The Morgan fingerprint density at radius 1 is 1.11 bits per heavy atom. The largest absolute Gasteiger partial charge is 0.438 e. The molecule has 0 radical (unpaired) electrons. The third kappa shape index (κ3) is 5.03. The van der Waals surface area contributed by atoms with Crippen LogP contribution in [0.1, 0.15) is 15.9 Å². The molecule has 6 nitrogen and oxygen atoms in total. The van der Waals surface area contributed by atoms with Crippen molar-refractivity contribution < 1.29 is 48.8 Å². The van der Waals surface area contributed by atoms with E-state index in [0.29, 0.717) is 11.3 Å². The van der Waals surface area contributed by atoms with Gasteiger partial charge in [-0.2, -0.15) is 34.8 Å². The summed E-state index contributed by atoms with van der Waals surface area (Å²) in [6.07, 6.45) is -12.7. The first-order valence-corrected chi connectivity index (χ1v) is 8.62. The number of rotatable bonds is 5. The van der Waals surface area contributed by atoms with Gasteiger partial charge in [0.1, 0.15) is 5.75 Å². The second-order valence-corrected chi connectivity index (χ2v) is 7.29.